The topological polar surface area (TPSA) is 52.0 Å². The molecule has 1 aliphatic heterocycles. The maximum absolute atomic E-state index is 5.23. The molecule has 1 aliphatic rings. The van der Waals surface area contributed by atoms with Crippen LogP contribution in [0.2, 0.25) is 0 Å². The van der Waals surface area contributed by atoms with Crippen molar-refractivity contribution in [2.24, 2.45) is 0 Å². The van der Waals surface area contributed by atoms with Gasteiger partial charge in [0.25, 0.3) is 0 Å². The molecule has 3 heterocycles. The minimum atomic E-state index is 0.826. The number of aromatic nitrogens is 3. The van der Waals surface area contributed by atoms with Crippen LogP contribution in [0.25, 0.3) is 5.13 Å². The van der Waals surface area contributed by atoms with Crippen LogP contribution in [0, 0.1) is 0 Å². The zero-order chi connectivity index (χ0) is 15.6. The Balaban J connectivity index is 1.70. The number of nitrogens with zero attached hydrogens (tertiary/aromatic N) is 3. The molecule has 4 rings (SSSR count). The molecule has 3 aromatic rings. The van der Waals surface area contributed by atoms with Crippen molar-refractivity contribution in [3.63, 3.8) is 0 Å². The van der Waals surface area contributed by atoms with Crippen molar-refractivity contribution in [2.75, 3.05) is 13.7 Å². The Bertz CT molecular complexity index is 793. The van der Waals surface area contributed by atoms with E-state index in [-0.39, 0.29) is 0 Å². The Morgan fingerprint density at radius 1 is 1.30 bits per heavy atom. The number of methoxy groups -OCH3 is 1. The van der Waals surface area contributed by atoms with Crippen molar-refractivity contribution < 1.29 is 4.74 Å². The highest BCUT2D eigenvalue weighted by Crippen LogP contribution is 2.25. The molecule has 0 spiro atoms. The molecule has 1 aromatic carbocycles. The van der Waals surface area contributed by atoms with Crippen LogP contribution in [-0.2, 0) is 19.4 Å². The summed E-state index contributed by atoms with van der Waals surface area (Å²) in [4.78, 5) is 4.42. The summed E-state index contributed by atoms with van der Waals surface area (Å²) >= 11 is 1.63. The third-order valence-corrected chi connectivity index (χ3v) is 4.89. The third kappa shape index (κ3) is 2.75. The molecule has 0 unspecified atom stereocenters. The van der Waals surface area contributed by atoms with Crippen molar-refractivity contribution in [3.8, 4) is 10.9 Å². The lowest BCUT2D eigenvalue weighted by atomic mass is 10.0. The van der Waals surface area contributed by atoms with E-state index in [1.807, 2.05) is 28.4 Å². The van der Waals surface area contributed by atoms with Crippen molar-refractivity contribution in [1.29, 1.82) is 0 Å². The molecular formula is C17H18N4OS. The summed E-state index contributed by atoms with van der Waals surface area (Å²) in [5, 5.41) is 11.3. The first-order valence-corrected chi connectivity index (χ1v) is 8.56. The highest BCUT2D eigenvalue weighted by Gasteiger charge is 2.22. The van der Waals surface area contributed by atoms with Gasteiger partial charge in [0.15, 0.2) is 0 Å². The number of thiazole rings is 1. The van der Waals surface area contributed by atoms with Crippen molar-refractivity contribution >= 4 is 11.3 Å². The van der Waals surface area contributed by atoms with E-state index in [1.165, 1.54) is 16.8 Å². The monoisotopic (exact) mass is 326 g/mol. The number of rotatable bonds is 4. The zero-order valence-electron chi connectivity index (χ0n) is 13.0. The third-order valence-electron chi connectivity index (χ3n) is 4.14. The zero-order valence-corrected chi connectivity index (χ0v) is 13.8. The largest absolute Gasteiger partial charge is 0.497 e. The molecule has 118 valence electrons. The highest BCUT2D eigenvalue weighted by atomic mass is 32.1. The maximum atomic E-state index is 5.23. The van der Waals surface area contributed by atoms with Crippen LogP contribution in [0.5, 0.6) is 5.75 Å². The van der Waals surface area contributed by atoms with Crippen LogP contribution < -0.4 is 10.1 Å². The van der Waals surface area contributed by atoms with Gasteiger partial charge < -0.3 is 10.1 Å². The summed E-state index contributed by atoms with van der Waals surface area (Å²) in [7, 11) is 1.69. The molecule has 0 aliphatic carbocycles. The van der Waals surface area contributed by atoms with Gasteiger partial charge in [-0.3, -0.25) is 0 Å². The predicted molar refractivity (Wildman–Crippen MR) is 90.4 cm³/mol. The van der Waals surface area contributed by atoms with Crippen LogP contribution in [0.1, 0.15) is 22.5 Å². The average Bonchev–Trinajstić information content (AvgIpc) is 3.24. The van der Waals surface area contributed by atoms with E-state index in [1.54, 1.807) is 18.4 Å². The van der Waals surface area contributed by atoms with Gasteiger partial charge in [0.05, 0.1) is 18.5 Å². The molecule has 2 aromatic heterocycles. The van der Waals surface area contributed by atoms with E-state index in [9.17, 15) is 0 Å². The van der Waals surface area contributed by atoms with E-state index in [4.69, 9.17) is 9.84 Å². The quantitative estimate of drug-likeness (QED) is 0.801. The van der Waals surface area contributed by atoms with E-state index < -0.39 is 0 Å². The summed E-state index contributed by atoms with van der Waals surface area (Å²) in [5.74, 6) is 0.880. The Morgan fingerprint density at radius 3 is 2.91 bits per heavy atom. The van der Waals surface area contributed by atoms with Crippen LogP contribution in [0.4, 0.5) is 0 Å². The van der Waals surface area contributed by atoms with Gasteiger partial charge in [0, 0.05) is 43.1 Å². The SMILES string of the molecule is COc1ccc(Cc2nn(-c3nccs3)c3c2CNCC3)cc1. The molecule has 5 nitrogen and oxygen atoms in total. The van der Waals surface area contributed by atoms with Crippen LogP contribution >= 0.6 is 11.3 Å². The molecule has 23 heavy (non-hydrogen) atoms. The van der Waals surface area contributed by atoms with Gasteiger partial charge in [-0.2, -0.15) is 5.10 Å². The van der Waals surface area contributed by atoms with Crippen molar-refractivity contribution in [3.05, 3.63) is 58.4 Å². The normalized spacial score (nSPS) is 13.8. The fourth-order valence-electron chi connectivity index (χ4n) is 2.97. The first-order valence-electron chi connectivity index (χ1n) is 7.68. The first-order chi connectivity index (χ1) is 11.3. The standard InChI is InChI=1S/C17H18N4OS/c1-22-13-4-2-12(3-5-13)10-15-14-11-18-7-6-16(14)21(20-15)17-19-8-9-23-17/h2-5,8-9,18H,6-7,10-11H2,1H3. The maximum Gasteiger partial charge on any atom is 0.210 e. The fourth-order valence-corrected chi connectivity index (χ4v) is 3.59. The molecule has 0 saturated heterocycles. The van der Waals surface area contributed by atoms with Crippen LogP contribution in [-0.4, -0.2) is 28.4 Å². The Hall–Kier alpha value is -2.18. The van der Waals surface area contributed by atoms with E-state index in [0.717, 1.165) is 42.5 Å². The minimum absolute atomic E-state index is 0.826. The van der Waals surface area contributed by atoms with E-state index >= 15 is 0 Å². The lowest BCUT2D eigenvalue weighted by molar-refractivity contribution is 0.414. The van der Waals surface area contributed by atoms with E-state index in [0.29, 0.717) is 0 Å². The Labute approximate surface area is 138 Å². The Morgan fingerprint density at radius 2 is 2.17 bits per heavy atom. The second-order valence-electron chi connectivity index (χ2n) is 5.55. The Kier molecular flexibility index (Phi) is 3.85. The second kappa shape index (κ2) is 6.14. The fraction of sp³-hybridized carbons (Fsp3) is 0.294. The molecule has 0 radical (unpaired) electrons. The lowest BCUT2D eigenvalue weighted by Gasteiger charge is -2.14. The molecule has 0 saturated carbocycles. The van der Waals surface area contributed by atoms with Crippen molar-refractivity contribution in [1.82, 2.24) is 20.1 Å². The van der Waals surface area contributed by atoms with Crippen molar-refractivity contribution in [2.45, 2.75) is 19.4 Å². The number of hydrogen-bond donors (Lipinski definition) is 1. The molecule has 0 atom stereocenters. The van der Waals surface area contributed by atoms with Crippen LogP contribution in [0.3, 0.4) is 0 Å². The number of ether oxygens (including phenoxy) is 1. The number of hydrogen-bond acceptors (Lipinski definition) is 5. The number of nitrogens with one attached hydrogen (secondary N) is 1. The minimum Gasteiger partial charge on any atom is -0.497 e. The van der Waals surface area contributed by atoms with Gasteiger partial charge in [-0.1, -0.05) is 12.1 Å². The lowest BCUT2D eigenvalue weighted by Crippen LogP contribution is -2.25. The summed E-state index contributed by atoms with van der Waals surface area (Å²) in [6.45, 7) is 1.87. The van der Waals surface area contributed by atoms with Gasteiger partial charge in [0.2, 0.25) is 5.13 Å². The van der Waals surface area contributed by atoms with Crippen LogP contribution in [0.15, 0.2) is 35.8 Å². The smallest absolute Gasteiger partial charge is 0.210 e. The van der Waals surface area contributed by atoms with E-state index in [2.05, 4.69) is 22.4 Å². The summed E-state index contributed by atoms with van der Waals surface area (Å²) in [6, 6.07) is 8.20. The van der Waals surface area contributed by atoms with Gasteiger partial charge in [-0.15, -0.1) is 11.3 Å². The van der Waals surface area contributed by atoms with Gasteiger partial charge in [-0.25, -0.2) is 9.67 Å². The molecule has 0 fully saturated rings. The predicted octanol–water partition coefficient (Wildman–Crippen LogP) is 2.57. The molecule has 1 N–H and O–H groups in total. The summed E-state index contributed by atoms with van der Waals surface area (Å²) in [6.07, 6.45) is 3.65. The summed E-state index contributed by atoms with van der Waals surface area (Å²) in [5.41, 5.74) is 4.99. The second-order valence-corrected chi connectivity index (χ2v) is 6.42. The highest BCUT2D eigenvalue weighted by molar-refractivity contribution is 7.12. The number of fused-ring (bicyclic) bond motifs is 1. The molecule has 0 bridgehead atoms. The first kappa shape index (κ1) is 14.4. The molecule has 6 heteroatoms. The average molecular weight is 326 g/mol. The van der Waals surface area contributed by atoms with Gasteiger partial charge in [-0.05, 0) is 17.7 Å². The summed E-state index contributed by atoms with van der Waals surface area (Å²) < 4.78 is 7.25. The molecular weight excluding hydrogens is 308 g/mol. The van der Waals surface area contributed by atoms with Gasteiger partial charge in [0.1, 0.15) is 5.75 Å². The van der Waals surface area contributed by atoms with Gasteiger partial charge >= 0.3 is 0 Å². The number of benzene rings is 1. The molecule has 0 amide bonds.